The van der Waals surface area contributed by atoms with Crippen LogP contribution in [0.5, 0.6) is 0 Å². The summed E-state index contributed by atoms with van der Waals surface area (Å²) in [6.45, 7) is 3.48. The normalized spacial score (nSPS) is 18.6. The van der Waals surface area contributed by atoms with Crippen LogP contribution in [0.1, 0.15) is 36.6 Å². The SMILES string of the molecule is CCC(=O)N1CCC(Nc2nc(-c3cccnc3)nc3sc4c(c23)CCC4)C1. The van der Waals surface area contributed by atoms with Gasteiger partial charge in [-0.05, 0) is 43.4 Å². The molecule has 1 aliphatic heterocycles. The van der Waals surface area contributed by atoms with Crippen molar-refractivity contribution in [2.75, 3.05) is 18.4 Å². The van der Waals surface area contributed by atoms with Crippen molar-refractivity contribution in [3.8, 4) is 11.4 Å². The van der Waals surface area contributed by atoms with Gasteiger partial charge in [-0.3, -0.25) is 9.78 Å². The van der Waals surface area contributed by atoms with E-state index in [1.165, 1.54) is 22.2 Å². The molecule has 4 heterocycles. The van der Waals surface area contributed by atoms with Crippen LogP contribution >= 0.6 is 11.3 Å². The lowest BCUT2D eigenvalue weighted by Crippen LogP contribution is -2.31. The van der Waals surface area contributed by atoms with Gasteiger partial charge in [0.2, 0.25) is 5.91 Å². The van der Waals surface area contributed by atoms with E-state index in [-0.39, 0.29) is 11.9 Å². The topological polar surface area (TPSA) is 71.0 Å². The highest BCUT2D eigenvalue weighted by Crippen LogP contribution is 2.40. The molecule has 0 aromatic carbocycles. The Hall–Kier alpha value is -2.54. The summed E-state index contributed by atoms with van der Waals surface area (Å²) < 4.78 is 0. The molecular weight excluding hydrogens is 370 g/mol. The molecule has 1 amide bonds. The standard InChI is InChI=1S/C21H23N5OS/c1-2-17(27)26-10-8-14(12-26)23-20-18-15-6-3-7-16(15)28-21(18)25-19(24-20)13-5-4-9-22-11-13/h4-5,9,11,14H,2-3,6-8,10,12H2,1H3,(H,23,24,25). The van der Waals surface area contributed by atoms with E-state index in [0.29, 0.717) is 12.2 Å². The third kappa shape index (κ3) is 3.03. The minimum atomic E-state index is 0.226. The van der Waals surface area contributed by atoms with Crippen molar-refractivity contribution in [2.45, 2.75) is 45.1 Å². The van der Waals surface area contributed by atoms with Crippen molar-refractivity contribution >= 4 is 33.3 Å². The smallest absolute Gasteiger partial charge is 0.222 e. The second-order valence-corrected chi connectivity index (χ2v) is 8.58. The number of aromatic nitrogens is 3. The van der Waals surface area contributed by atoms with E-state index in [9.17, 15) is 4.79 Å². The first kappa shape index (κ1) is 17.6. The highest BCUT2D eigenvalue weighted by atomic mass is 32.1. The molecule has 144 valence electrons. The maximum atomic E-state index is 12.0. The third-order valence-electron chi connectivity index (χ3n) is 5.67. The van der Waals surface area contributed by atoms with E-state index < -0.39 is 0 Å². The Morgan fingerprint density at radius 2 is 2.29 bits per heavy atom. The van der Waals surface area contributed by atoms with Gasteiger partial charge in [0.1, 0.15) is 10.6 Å². The van der Waals surface area contributed by atoms with Gasteiger partial charge in [0.25, 0.3) is 0 Å². The predicted molar refractivity (Wildman–Crippen MR) is 112 cm³/mol. The number of likely N-dealkylation sites (tertiary alicyclic amines) is 1. The van der Waals surface area contributed by atoms with E-state index in [1.807, 2.05) is 30.2 Å². The fourth-order valence-electron chi connectivity index (χ4n) is 4.25. The number of hydrogen-bond donors (Lipinski definition) is 1. The maximum absolute atomic E-state index is 12.0. The van der Waals surface area contributed by atoms with E-state index in [2.05, 4.69) is 10.3 Å². The van der Waals surface area contributed by atoms with Crippen LogP contribution < -0.4 is 5.32 Å². The maximum Gasteiger partial charge on any atom is 0.222 e. The Balaban J connectivity index is 1.54. The van der Waals surface area contributed by atoms with Gasteiger partial charge >= 0.3 is 0 Å². The van der Waals surface area contributed by atoms with Crippen LogP contribution in [0.2, 0.25) is 0 Å². The number of thiophene rings is 1. The number of pyridine rings is 1. The van der Waals surface area contributed by atoms with E-state index in [4.69, 9.17) is 9.97 Å². The highest BCUT2D eigenvalue weighted by Gasteiger charge is 2.28. The lowest BCUT2D eigenvalue weighted by Gasteiger charge is -2.17. The third-order valence-corrected chi connectivity index (χ3v) is 6.85. The van der Waals surface area contributed by atoms with Gasteiger partial charge in [-0.25, -0.2) is 9.97 Å². The minimum absolute atomic E-state index is 0.226. The molecule has 3 aromatic rings. The van der Waals surface area contributed by atoms with Gasteiger partial charge in [-0.2, -0.15) is 0 Å². The fraction of sp³-hybridized carbons (Fsp3) is 0.429. The van der Waals surface area contributed by atoms with Crippen LogP contribution in [-0.4, -0.2) is 44.9 Å². The van der Waals surface area contributed by atoms with Crippen LogP contribution in [0, 0.1) is 0 Å². The van der Waals surface area contributed by atoms with Crippen molar-refractivity contribution in [1.29, 1.82) is 0 Å². The van der Waals surface area contributed by atoms with Crippen LogP contribution in [0.3, 0.4) is 0 Å². The summed E-state index contributed by atoms with van der Waals surface area (Å²) in [7, 11) is 0. The van der Waals surface area contributed by atoms with Gasteiger partial charge < -0.3 is 10.2 Å². The monoisotopic (exact) mass is 393 g/mol. The number of anilines is 1. The summed E-state index contributed by atoms with van der Waals surface area (Å²) >= 11 is 1.80. The lowest BCUT2D eigenvalue weighted by molar-refractivity contribution is -0.129. The number of amides is 1. The number of nitrogens with zero attached hydrogens (tertiary/aromatic N) is 4. The van der Waals surface area contributed by atoms with E-state index in [1.54, 1.807) is 17.5 Å². The zero-order chi connectivity index (χ0) is 19.1. The Bertz CT molecular complexity index is 1030. The lowest BCUT2D eigenvalue weighted by atomic mass is 10.1. The van der Waals surface area contributed by atoms with E-state index in [0.717, 1.165) is 48.6 Å². The van der Waals surface area contributed by atoms with Crippen LogP contribution in [0.4, 0.5) is 5.82 Å². The number of fused-ring (bicyclic) bond motifs is 3. The first-order valence-electron chi connectivity index (χ1n) is 10.00. The Morgan fingerprint density at radius 3 is 3.11 bits per heavy atom. The molecule has 3 aromatic heterocycles. The van der Waals surface area contributed by atoms with Crippen LogP contribution in [0.15, 0.2) is 24.5 Å². The molecule has 7 heteroatoms. The molecule has 1 saturated heterocycles. The number of rotatable bonds is 4. The quantitative estimate of drug-likeness (QED) is 0.732. The molecule has 0 bridgehead atoms. The molecule has 1 N–H and O–H groups in total. The molecule has 28 heavy (non-hydrogen) atoms. The second-order valence-electron chi connectivity index (χ2n) is 7.50. The molecule has 0 radical (unpaired) electrons. The number of aryl methyl sites for hydroxylation is 2. The van der Waals surface area contributed by atoms with Crippen LogP contribution in [-0.2, 0) is 17.6 Å². The van der Waals surface area contributed by atoms with Crippen molar-refractivity contribution in [3.05, 3.63) is 35.0 Å². The van der Waals surface area contributed by atoms with Gasteiger partial charge in [-0.15, -0.1) is 11.3 Å². The Labute approximate surface area is 168 Å². The molecule has 1 unspecified atom stereocenters. The zero-order valence-corrected chi connectivity index (χ0v) is 16.8. The summed E-state index contributed by atoms with van der Waals surface area (Å²) in [5.41, 5.74) is 2.34. The highest BCUT2D eigenvalue weighted by molar-refractivity contribution is 7.19. The first-order valence-corrected chi connectivity index (χ1v) is 10.8. The molecule has 0 saturated carbocycles. The van der Waals surface area contributed by atoms with Gasteiger partial charge in [0.05, 0.1) is 5.39 Å². The molecule has 1 atom stereocenters. The summed E-state index contributed by atoms with van der Waals surface area (Å²) in [6, 6.07) is 4.14. The average Bonchev–Trinajstić information content (AvgIpc) is 3.44. The minimum Gasteiger partial charge on any atom is -0.365 e. The molecule has 1 fully saturated rings. The van der Waals surface area contributed by atoms with Gasteiger partial charge in [0, 0.05) is 48.4 Å². The molecule has 6 nitrogen and oxygen atoms in total. The van der Waals surface area contributed by atoms with Gasteiger partial charge in [-0.1, -0.05) is 6.92 Å². The Kier molecular flexibility index (Phi) is 4.47. The van der Waals surface area contributed by atoms with Crippen molar-refractivity contribution in [3.63, 3.8) is 0 Å². The largest absolute Gasteiger partial charge is 0.365 e. The number of carbonyl (C=O) groups is 1. The fourth-order valence-corrected chi connectivity index (χ4v) is 5.51. The van der Waals surface area contributed by atoms with Crippen molar-refractivity contribution in [1.82, 2.24) is 19.9 Å². The molecular formula is C21H23N5OS. The number of nitrogens with one attached hydrogen (secondary N) is 1. The molecule has 1 aliphatic carbocycles. The van der Waals surface area contributed by atoms with E-state index >= 15 is 0 Å². The van der Waals surface area contributed by atoms with Crippen molar-refractivity contribution in [2.24, 2.45) is 0 Å². The zero-order valence-electron chi connectivity index (χ0n) is 15.9. The number of carbonyl (C=O) groups excluding carboxylic acids is 1. The predicted octanol–water partition coefficient (Wildman–Crippen LogP) is 3.66. The van der Waals surface area contributed by atoms with Crippen molar-refractivity contribution < 1.29 is 4.79 Å². The van der Waals surface area contributed by atoms with Crippen LogP contribution in [0.25, 0.3) is 21.6 Å². The summed E-state index contributed by atoms with van der Waals surface area (Å²) in [4.78, 5) is 30.5. The summed E-state index contributed by atoms with van der Waals surface area (Å²) in [5, 5.41) is 4.85. The second kappa shape index (κ2) is 7.13. The number of hydrogen-bond acceptors (Lipinski definition) is 6. The Morgan fingerprint density at radius 1 is 1.36 bits per heavy atom. The first-order chi connectivity index (χ1) is 13.7. The van der Waals surface area contributed by atoms with Gasteiger partial charge in [0.15, 0.2) is 5.82 Å². The molecule has 5 rings (SSSR count). The average molecular weight is 394 g/mol. The molecule has 0 spiro atoms. The molecule has 2 aliphatic rings. The summed E-state index contributed by atoms with van der Waals surface area (Å²) in [6.07, 6.45) is 8.54. The summed E-state index contributed by atoms with van der Waals surface area (Å²) in [5.74, 6) is 1.85.